The van der Waals surface area contributed by atoms with Gasteiger partial charge in [0, 0.05) is 18.7 Å². The van der Waals surface area contributed by atoms with Gasteiger partial charge in [-0.05, 0) is 29.3 Å². The van der Waals surface area contributed by atoms with E-state index in [9.17, 15) is 9.59 Å². The van der Waals surface area contributed by atoms with Gasteiger partial charge in [-0.2, -0.15) is 0 Å². The Morgan fingerprint density at radius 1 is 1.27 bits per heavy atom. The molecule has 3 rings (SSSR count). The van der Waals surface area contributed by atoms with Crippen LogP contribution in [0.15, 0.2) is 41.8 Å². The van der Waals surface area contributed by atoms with Crippen LogP contribution in [-0.2, 0) is 11.2 Å². The maximum Gasteiger partial charge on any atom is 0.324 e. The van der Waals surface area contributed by atoms with Gasteiger partial charge in [-0.15, -0.1) is 11.3 Å². The first kappa shape index (κ1) is 18.6. The highest BCUT2D eigenvalue weighted by atomic mass is 32.1. The summed E-state index contributed by atoms with van der Waals surface area (Å²) < 4.78 is 0. The van der Waals surface area contributed by atoms with Crippen LogP contribution < -0.4 is 10.6 Å². The molecule has 0 aliphatic carbocycles. The lowest BCUT2D eigenvalue weighted by Gasteiger charge is -2.17. The molecule has 0 bridgehead atoms. The highest BCUT2D eigenvalue weighted by molar-refractivity contribution is 7.10. The quantitative estimate of drug-likeness (QED) is 0.782. The largest absolute Gasteiger partial charge is 0.336 e. The number of carbonyl (C=O) groups excluding carboxylic acids is 2. The molecule has 1 saturated heterocycles. The Kier molecular flexibility index (Phi) is 6.06. The molecular weight excluding hydrogens is 346 g/mol. The third-order valence-corrected chi connectivity index (χ3v) is 5.47. The number of quaternary nitrogens is 1. The molecule has 1 aromatic carbocycles. The number of imide groups is 1. The maximum atomic E-state index is 12.4. The highest BCUT2D eigenvalue weighted by Crippen LogP contribution is 2.23. The van der Waals surface area contributed by atoms with Gasteiger partial charge in [-0.1, -0.05) is 44.2 Å². The second-order valence-electron chi connectivity index (χ2n) is 7.05. The second kappa shape index (κ2) is 8.47. The molecule has 2 aromatic rings. The van der Waals surface area contributed by atoms with Crippen molar-refractivity contribution >= 4 is 23.3 Å². The van der Waals surface area contributed by atoms with Crippen LogP contribution in [0, 0.1) is 5.92 Å². The van der Waals surface area contributed by atoms with Crippen LogP contribution in [0.2, 0.25) is 0 Å². The molecule has 1 aliphatic rings. The van der Waals surface area contributed by atoms with Crippen molar-refractivity contribution in [2.45, 2.75) is 26.3 Å². The molecule has 138 valence electrons. The smallest absolute Gasteiger partial charge is 0.324 e. The molecule has 1 aliphatic heterocycles. The van der Waals surface area contributed by atoms with Crippen molar-refractivity contribution in [1.82, 2.24) is 10.2 Å². The monoisotopic (exact) mass is 372 g/mol. The number of nitrogens with one attached hydrogen (secondary N) is 1. The predicted molar refractivity (Wildman–Crippen MR) is 103 cm³/mol. The van der Waals surface area contributed by atoms with Crippen molar-refractivity contribution in [2.24, 2.45) is 5.92 Å². The number of benzene rings is 1. The van der Waals surface area contributed by atoms with Crippen LogP contribution in [-0.4, -0.2) is 36.5 Å². The average molecular weight is 373 g/mol. The number of hydrogen-bond donors (Lipinski definition) is 2. The van der Waals surface area contributed by atoms with Crippen molar-refractivity contribution in [3.63, 3.8) is 0 Å². The Hall–Kier alpha value is -2.18. The fourth-order valence-electron chi connectivity index (χ4n) is 3.26. The van der Waals surface area contributed by atoms with Crippen LogP contribution in [0.5, 0.6) is 0 Å². The summed E-state index contributed by atoms with van der Waals surface area (Å²) in [6, 6.07) is 12.6. The summed E-state index contributed by atoms with van der Waals surface area (Å²) >= 11 is 1.69. The number of hydrogen-bond acceptors (Lipinski definition) is 3. The molecule has 1 aromatic heterocycles. The number of carbonyl (C=O) groups is 2. The van der Waals surface area contributed by atoms with E-state index >= 15 is 0 Å². The van der Waals surface area contributed by atoms with Gasteiger partial charge in [-0.3, -0.25) is 9.69 Å². The van der Waals surface area contributed by atoms with Crippen LogP contribution in [0.25, 0.3) is 0 Å². The van der Waals surface area contributed by atoms with Gasteiger partial charge in [0.15, 0.2) is 6.54 Å². The molecule has 1 fully saturated rings. The third kappa shape index (κ3) is 4.51. The van der Waals surface area contributed by atoms with E-state index in [1.165, 1.54) is 20.9 Å². The summed E-state index contributed by atoms with van der Waals surface area (Å²) in [5.41, 5.74) is 2.51. The lowest BCUT2D eigenvalue weighted by molar-refractivity contribution is -0.676. The zero-order valence-corrected chi connectivity index (χ0v) is 16.1. The van der Waals surface area contributed by atoms with Gasteiger partial charge in [0.25, 0.3) is 5.91 Å². The zero-order chi connectivity index (χ0) is 18.5. The Labute approximate surface area is 158 Å². The van der Waals surface area contributed by atoms with E-state index < -0.39 is 0 Å². The van der Waals surface area contributed by atoms with Crippen molar-refractivity contribution in [1.29, 1.82) is 0 Å². The van der Waals surface area contributed by atoms with E-state index in [2.05, 4.69) is 54.9 Å². The zero-order valence-electron chi connectivity index (χ0n) is 15.3. The van der Waals surface area contributed by atoms with E-state index in [4.69, 9.17) is 0 Å². The number of urea groups is 1. The van der Waals surface area contributed by atoms with Gasteiger partial charge in [0.05, 0.1) is 4.88 Å². The average Bonchev–Trinajstić information content (AvgIpc) is 3.27. The summed E-state index contributed by atoms with van der Waals surface area (Å²) in [5.74, 6) is 0.489. The van der Waals surface area contributed by atoms with Gasteiger partial charge in [0.1, 0.15) is 6.04 Å². The Balaban J connectivity index is 1.71. The minimum absolute atomic E-state index is 0.0673. The normalized spacial score (nSPS) is 15.3. The molecular formula is C20H26N3O2S+. The molecule has 5 nitrogen and oxygen atoms in total. The third-order valence-electron chi connectivity index (χ3n) is 4.52. The van der Waals surface area contributed by atoms with Crippen LogP contribution in [0.4, 0.5) is 4.79 Å². The molecule has 6 heteroatoms. The first-order valence-electron chi connectivity index (χ1n) is 9.08. The summed E-state index contributed by atoms with van der Waals surface area (Å²) in [6.45, 7) is 5.69. The molecule has 0 radical (unpaired) electrons. The van der Waals surface area contributed by atoms with Gasteiger partial charge < -0.3 is 10.6 Å². The van der Waals surface area contributed by atoms with E-state index in [1.807, 2.05) is 11.4 Å². The maximum absolute atomic E-state index is 12.4. The lowest BCUT2D eigenvalue weighted by Crippen LogP contribution is -2.87. The first-order valence-corrected chi connectivity index (χ1v) is 9.96. The molecule has 26 heavy (non-hydrogen) atoms. The highest BCUT2D eigenvalue weighted by Gasteiger charge is 2.28. The SMILES string of the molecule is CC(C)Cc1ccc([C@H]([NH2+]CC(=O)N2CCNC2=O)c2cccs2)cc1. The fourth-order valence-corrected chi connectivity index (χ4v) is 4.11. The molecule has 3 amide bonds. The standard InChI is InChI=1S/C20H25N3O2S/c1-14(2)12-15-5-7-16(8-6-15)19(17-4-3-11-26-17)22-13-18(24)23-10-9-21-20(23)25/h3-8,11,14,19,22H,9-10,12-13H2,1-2H3,(H,21,25)/p+1/t19-/m0/s1. The Morgan fingerprint density at radius 3 is 2.62 bits per heavy atom. The van der Waals surface area contributed by atoms with Crippen molar-refractivity contribution in [3.05, 3.63) is 57.8 Å². The molecule has 1 atom stereocenters. The number of rotatable bonds is 7. The molecule has 0 unspecified atom stereocenters. The number of thiophene rings is 1. The van der Waals surface area contributed by atoms with Crippen LogP contribution >= 0.6 is 11.3 Å². The van der Waals surface area contributed by atoms with E-state index in [-0.39, 0.29) is 24.5 Å². The molecule has 2 heterocycles. The topological polar surface area (TPSA) is 66.0 Å². The lowest BCUT2D eigenvalue weighted by atomic mass is 9.99. The van der Waals surface area contributed by atoms with E-state index in [0.717, 1.165) is 6.42 Å². The van der Waals surface area contributed by atoms with E-state index in [1.54, 1.807) is 11.3 Å². The summed E-state index contributed by atoms with van der Waals surface area (Å²) in [7, 11) is 0. The minimum Gasteiger partial charge on any atom is -0.336 e. The molecule has 0 saturated carbocycles. The van der Waals surface area contributed by atoms with Crippen molar-refractivity contribution < 1.29 is 14.9 Å². The number of nitrogens with two attached hydrogens (primary N) is 1. The molecule has 0 spiro atoms. The number of amides is 3. The van der Waals surface area contributed by atoms with Crippen molar-refractivity contribution in [3.8, 4) is 0 Å². The van der Waals surface area contributed by atoms with E-state index in [0.29, 0.717) is 19.0 Å². The predicted octanol–water partition coefficient (Wildman–Crippen LogP) is 2.15. The summed E-state index contributed by atoms with van der Waals surface area (Å²) in [4.78, 5) is 26.5. The van der Waals surface area contributed by atoms with Crippen LogP contribution in [0.3, 0.4) is 0 Å². The first-order chi connectivity index (χ1) is 12.5. The van der Waals surface area contributed by atoms with Crippen LogP contribution in [0.1, 0.15) is 35.9 Å². The van der Waals surface area contributed by atoms with Crippen molar-refractivity contribution in [2.75, 3.05) is 19.6 Å². The van der Waals surface area contributed by atoms with Gasteiger partial charge >= 0.3 is 6.03 Å². The Bertz CT molecular complexity index is 741. The number of nitrogens with zero attached hydrogens (tertiary/aromatic N) is 1. The molecule has 3 N–H and O–H groups in total. The summed E-state index contributed by atoms with van der Waals surface area (Å²) in [6.07, 6.45) is 1.07. The Morgan fingerprint density at radius 2 is 2.04 bits per heavy atom. The minimum atomic E-state index is -0.283. The fraction of sp³-hybridized carbons (Fsp3) is 0.400. The van der Waals surface area contributed by atoms with Gasteiger partial charge in [0.2, 0.25) is 0 Å². The van der Waals surface area contributed by atoms with Gasteiger partial charge in [-0.25, -0.2) is 4.79 Å². The summed E-state index contributed by atoms with van der Waals surface area (Å²) in [5, 5.41) is 6.75. The second-order valence-corrected chi connectivity index (χ2v) is 8.03.